The number of hydrogen-bond acceptors (Lipinski definition) is 2. The Kier molecular flexibility index (Phi) is 2.14. The zero-order valence-corrected chi connectivity index (χ0v) is 8.08. The van der Waals surface area contributed by atoms with Gasteiger partial charge in [0.05, 0.1) is 0 Å². The molecule has 0 aliphatic heterocycles. The molecule has 0 saturated heterocycles. The van der Waals surface area contributed by atoms with Crippen molar-refractivity contribution in [3.63, 3.8) is 0 Å². The van der Waals surface area contributed by atoms with E-state index >= 15 is 0 Å². The maximum absolute atomic E-state index is 11.3. The molecule has 0 spiro atoms. The van der Waals surface area contributed by atoms with Crippen LogP contribution in [0.25, 0.3) is 0 Å². The summed E-state index contributed by atoms with van der Waals surface area (Å²) >= 11 is 0. The fourth-order valence-electron chi connectivity index (χ4n) is 2.57. The topological polar surface area (TPSA) is 26.3 Å². The predicted octanol–water partition coefficient (Wildman–Crippen LogP) is 2.29. The lowest BCUT2D eigenvalue weighted by atomic mass is 9.98. The Hall–Kier alpha value is -0.790. The van der Waals surface area contributed by atoms with Crippen LogP contribution in [0.5, 0.6) is 0 Å². The molecule has 0 aromatic rings. The second-order valence-corrected chi connectivity index (χ2v) is 4.40. The molecule has 2 bridgehead atoms. The number of ether oxygens (including phenoxy) is 1. The first kappa shape index (κ1) is 8.79. The second-order valence-electron chi connectivity index (χ2n) is 4.40. The first-order valence-electron chi connectivity index (χ1n) is 5.03. The van der Waals surface area contributed by atoms with Crippen LogP contribution in [0, 0.1) is 11.8 Å². The van der Waals surface area contributed by atoms with Crippen LogP contribution in [0.4, 0.5) is 0 Å². The van der Waals surface area contributed by atoms with Crippen LogP contribution in [-0.2, 0) is 9.53 Å². The molecule has 0 unspecified atom stereocenters. The Bertz CT molecular complexity index is 244. The third-order valence-electron chi connectivity index (χ3n) is 3.28. The molecule has 13 heavy (non-hydrogen) atoms. The van der Waals surface area contributed by atoms with Gasteiger partial charge >= 0.3 is 5.97 Å². The van der Waals surface area contributed by atoms with E-state index in [2.05, 4.69) is 6.58 Å². The molecule has 2 saturated carbocycles. The van der Waals surface area contributed by atoms with E-state index in [-0.39, 0.29) is 12.1 Å². The minimum absolute atomic E-state index is 0.197. The van der Waals surface area contributed by atoms with Gasteiger partial charge < -0.3 is 4.74 Å². The average Bonchev–Trinajstić information content (AvgIpc) is 2.64. The van der Waals surface area contributed by atoms with E-state index in [1.165, 1.54) is 19.3 Å². The van der Waals surface area contributed by atoms with Gasteiger partial charge in [-0.05, 0) is 44.4 Å². The second kappa shape index (κ2) is 3.17. The van der Waals surface area contributed by atoms with Crippen molar-refractivity contribution in [2.45, 2.75) is 38.7 Å². The van der Waals surface area contributed by atoms with E-state index in [0.717, 1.165) is 12.3 Å². The Morgan fingerprint density at radius 2 is 2.15 bits per heavy atom. The minimum Gasteiger partial charge on any atom is -0.459 e. The van der Waals surface area contributed by atoms with Crippen molar-refractivity contribution < 1.29 is 9.53 Å². The van der Waals surface area contributed by atoms with E-state index in [4.69, 9.17) is 4.74 Å². The fourth-order valence-corrected chi connectivity index (χ4v) is 2.57. The highest BCUT2D eigenvalue weighted by Gasteiger charge is 2.41. The molecule has 0 aromatic carbocycles. The van der Waals surface area contributed by atoms with Crippen molar-refractivity contribution >= 4 is 5.97 Å². The Balaban J connectivity index is 1.90. The molecule has 0 amide bonds. The average molecular weight is 180 g/mol. The lowest BCUT2D eigenvalue weighted by Gasteiger charge is -2.21. The molecule has 0 aromatic heterocycles. The van der Waals surface area contributed by atoms with Gasteiger partial charge in [-0.3, -0.25) is 0 Å². The van der Waals surface area contributed by atoms with Crippen LogP contribution in [0.15, 0.2) is 12.2 Å². The van der Waals surface area contributed by atoms with Crippen LogP contribution >= 0.6 is 0 Å². The highest BCUT2D eigenvalue weighted by Crippen LogP contribution is 2.45. The molecule has 2 aliphatic rings. The summed E-state index contributed by atoms with van der Waals surface area (Å²) in [5.41, 5.74) is 0.516. The maximum atomic E-state index is 11.3. The SMILES string of the molecule is C=C(C)C(=O)O[C@@H]1C[C@@H]2CC[C@@H]1C2. The monoisotopic (exact) mass is 180 g/mol. The molecule has 0 heterocycles. The minimum atomic E-state index is -0.211. The van der Waals surface area contributed by atoms with Gasteiger partial charge in [0.1, 0.15) is 6.10 Å². The molecular formula is C11H16O2. The number of hydrogen-bond donors (Lipinski definition) is 0. The van der Waals surface area contributed by atoms with Gasteiger partial charge in [0.25, 0.3) is 0 Å². The normalized spacial score (nSPS) is 36.2. The zero-order valence-electron chi connectivity index (χ0n) is 8.08. The molecule has 3 atom stereocenters. The lowest BCUT2D eigenvalue weighted by molar-refractivity contribution is -0.146. The highest BCUT2D eigenvalue weighted by molar-refractivity contribution is 5.87. The number of carbonyl (C=O) groups is 1. The van der Waals surface area contributed by atoms with E-state index in [9.17, 15) is 4.79 Å². The highest BCUT2D eigenvalue weighted by atomic mass is 16.5. The summed E-state index contributed by atoms with van der Waals surface area (Å²) in [6, 6.07) is 0. The largest absolute Gasteiger partial charge is 0.459 e. The van der Waals surface area contributed by atoms with E-state index in [1.54, 1.807) is 6.92 Å². The van der Waals surface area contributed by atoms with E-state index in [1.807, 2.05) is 0 Å². The number of fused-ring (bicyclic) bond motifs is 2. The van der Waals surface area contributed by atoms with Crippen molar-refractivity contribution in [1.82, 2.24) is 0 Å². The van der Waals surface area contributed by atoms with Crippen molar-refractivity contribution in [2.75, 3.05) is 0 Å². The Morgan fingerprint density at radius 3 is 2.62 bits per heavy atom. The molecule has 2 heteroatoms. The van der Waals surface area contributed by atoms with Gasteiger partial charge in [-0.1, -0.05) is 6.58 Å². The molecule has 2 rings (SSSR count). The molecule has 2 aliphatic carbocycles. The molecule has 0 N–H and O–H groups in total. The quantitative estimate of drug-likeness (QED) is 0.481. The predicted molar refractivity (Wildman–Crippen MR) is 50.1 cm³/mol. The van der Waals surface area contributed by atoms with Crippen molar-refractivity contribution in [2.24, 2.45) is 11.8 Å². The fraction of sp³-hybridized carbons (Fsp3) is 0.727. The van der Waals surface area contributed by atoms with Crippen molar-refractivity contribution in [1.29, 1.82) is 0 Å². The Morgan fingerprint density at radius 1 is 1.38 bits per heavy atom. The number of carbonyl (C=O) groups excluding carboxylic acids is 1. The van der Waals surface area contributed by atoms with Crippen molar-refractivity contribution in [3.8, 4) is 0 Å². The molecule has 72 valence electrons. The molecule has 0 radical (unpaired) electrons. The molecule has 2 fully saturated rings. The van der Waals surface area contributed by atoms with Crippen molar-refractivity contribution in [3.05, 3.63) is 12.2 Å². The van der Waals surface area contributed by atoms with Gasteiger partial charge in [0.2, 0.25) is 0 Å². The first-order chi connectivity index (χ1) is 6.16. The zero-order chi connectivity index (χ0) is 9.42. The summed E-state index contributed by atoms with van der Waals surface area (Å²) in [5, 5.41) is 0. The summed E-state index contributed by atoms with van der Waals surface area (Å²) in [7, 11) is 0. The molecular weight excluding hydrogens is 164 g/mol. The van der Waals surface area contributed by atoms with Crippen LogP contribution in [-0.4, -0.2) is 12.1 Å². The van der Waals surface area contributed by atoms with Gasteiger partial charge in [0.15, 0.2) is 0 Å². The van der Waals surface area contributed by atoms with Crippen LogP contribution < -0.4 is 0 Å². The first-order valence-corrected chi connectivity index (χ1v) is 5.03. The summed E-state index contributed by atoms with van der Waals surface area (Å²) in [6.45, 7) is 5.29. The maximum Gasteiger partial charge on any atom is 0.333 e. The van der Waals surface area contributed by atoms with Gasteiger partial charge in [-0.25, -0.2) is 4.79 Å². The summed E-state index contributed by atoms with van der Waals surface area (Å²) in [6.07, 6.45) is 5.14. The van der Waals surface area contributed by atoms with Crippen LogP contribution in [0.3, 0.4) is 0 Å². The van der Waals surface area contributed by atoms with Crippen LogP contribution in [0.2, 0.25) is 0 Å². The van der Waals surface area contributed by atoms with E-state index in [0.29, 0.717) is 11.5 Å². The number of esters is 1. The van der Waals surface area contributed by atoms with Crippen LogP contribution in [0.1, 0.15) is 32.6 Å². The van der Waals surface area contributed by atoms with E-state index < -0.39 is 0 Å². The standard InChI is InChI=1S/C11H16O2/c1-7(2)11(12)13-10-6-8-3-4-9(10)5-8/h8-10H,1,3-6H2,2H3/t8-,9-,10-/m1/s1. The lowest BCUT2D eigenvalue weighted by Crippen LogP contribution is -2.24. The van der Waals surface area contributed by atoms with Gasteiger partial charge in [-0.15, -0.1) is 0 Å². The number of rotatable bonds is 2. The Labute approximate surface area is 79.0 Å². The molecule has 2 nitrogen and oxygen atoms in total. The summed E-state index contributed by atoms with van der Waals surface area (Å²) in [4.78, 5) is 11.3. The third kappa shape index (κ3) is 1.62. The summed E-state index contributed by atoms with van der Waals surface area (Å²) < 4.78 is 5.37. The smallest absolute Gasteiger partial charge is 0.333 e. The summed E-state index contributed by atoms with van der Waals surface area (Å²) in [5.74, 6) is 1.26. The van der Waals surface area contributed by atoms with Gasteiger partial charge in [0, 0.05) is 5.57 Å². The van der Waals surface area contributed by atoms with Gasteiger partial charge in [-0.2, -0.15) is 0 Å². The third-order valence-corrected chi connectivity index (χ3v) is 3.28.